The first kappa shape index (κ1) is 14.3. The molecule has 0 saturated carbocycles. The van der Waals surface area contributed by atoms with Crippen LogP contribution in [0.3, 0.4) is 0 Å². The van der Waals surface area contributed by atoms with Gasteiger partial charge in [0.1, 0.15) is 0 Å². The first-order valence-corrected chi connectivity index (χ1v) is 8.15. The van der Waals surface area contributed by atoms with Crippen LogP contribution < -0.4 is 0 Å². The number of rotatable bonds is 3. The van der Waals surface area contributed by atoms with Gasteiger partial charge in [-0.1, -0.05) is 35.9 Å². The molecule has 0 radical (unpaired) electrons. The lowest BCUT2D eigenvalue weighted by atomic mass is 9.93. The Kier molecular flexibility index (Phi) is 3.83. The van der Waals surface area contributed by atoms with Crippen molar-refractivity contribution in [1.29, 1.82) is 0 Å². The Hall–Kier alpha value is -1.64. The van der Waals surface area contributed by atoms with Gasteiger partial charge < -0.3 is 5.11 Å². The zero-order chi connectivity index (χ0) is 15.0. The molecule has 1 nitrogen and oxygen atoms in total. The van der Waals surface area contributed by atoms with Gasteiger partial charge in [0, 0.05) is 11.1 Å². The minimum atomic E-state index is -0.443. The van der Waals surface area contributed by atoms with Gasteiger partial charge in [-0.3, -0.25) is 0 Å². The second-order valence-corrected chi connectivity index (χ2v) is 6.70. The molecule has 0 amide bonds. The Morgan fingerprint density at radius 3 is 2.43 bits per heavy atom. The molecule has 3 aromatic rings. The Morgan fingerprint density at radius 1 is 1.05 bits per heavy atom. The van der Waals surface area contributed by atoms with E-state index in [4.69, 9.17) is 0 Å². The summed E-state index contributed by atoms with van der Waals surface area (Å²) in [4.78, 5) is 0. The lowest BCUT2D eigenvalue weighted by molar-refractivity contribution is 0.180. The highest BCUT2D eigenvalue weighted by molar-refractivity contribution is 7.17. The van der Waals surface area contributed by atoms with E-state index in [-0.39, 0.29) is 0 Å². The molecular weight excluding hydrogens is 276 g/mol. The quantitative estimate of drug-likeness (QED) is 0.712. The largest absolute Gasteiger partial charge is 0.388 e. The average Bonchev–Trinajstić information content (AvgIpc) is 2.86. The predicted molar refractivity (Wildman–Crippen MR) is 91.1 cm³/mol. The van der Waals surface area contributed by atoms with Crippen LogP contribution in [0.1, 0.15) is 33.9 Å². The summed E-state index contributed by atoms with van der Waals surface area (Å²) in [7, 11) is 0. The van der Waals surface area contributed by atoms with Crippen LogP contribution in [0.2, 0.25) is 0 Å². The normalized spacial score (nSPS) is 12.8. The van der Waals surface area contributed by atoms with Crippen LogP contribution in [0, 0.1) is 20.8 Å². The molecule has 1 N–H and O–H groups in total. The summed E-state index contributed by atoms with van der Waals surface area (Å²) in [6.07, 6.45) is 0.236. The minimum Gasteiger partial charge on any atom is -0.388 e. The van der Waals surface area contributed by atoms with E-state index in [2.05, 4.69) is 50.4 Å². The van der Waals surface area contributed by atoms with Crippen LogP contribution in [0.15, 0.2) is 41.8 Å². The first-order valence-electron chi connectivity index (χ1n) is 7.27. The van der Waals surface area contributed by atoms with Crippen LogP contribution in [0.4, 0.5) is 0 Å². The number of hydrogen-bond acceptors (Lipinski definition) is 2. The Labute approximate surface area is 129 Å². The Balaban J connectivity index is 1.95. The van der Waals surface area contributed by atoms with Gasteiger partial charge in [0.05, 0.1) is 6.10 Å². The van der Waals surface area contributed by atoms with Crippen LogP contribution in [0.25, 0.3) is 10.1 Å². The van der Waals surface area contributed by atoms with E-state index in [0.717, 1.165) is 5.56 Å². The monoisotopic (exact) mass is 296 g/mol. The highest BCUT2D eigenvalue weighted by Gasteiger charge is 2.16. The van der Waals surface area contributed by atoms with Crippen LogP contribution >= 0.6 is 11.3 Å². The van der Waals surface area contributed by atoms with Crippen molar-refractivity contribution in [1.82, 2.24) is 0 Å². The summed E-state index contributed by atoms with van der Waals surface area (Å²) in [6.45, 7) is 6.38. The standard InChI is InChI=1S/C19H20OS/c1-12-8-13(2)16(14(3)9-12)10-18(20)17-11-21-19-7-5-4-6-15(17)19/h4-9,11,18,20H,10H2,1-3H3. The van der Waals surface area contributed by atoms with Gasteiger partial charge in [-0.15, -0.1) is 11.3 Å². The van der Waals surface area contributed by atoms with Gasteiger partial charge in [-0.05, 0) is 59.9 Å². The van der Waals surface area contributed by atoms with Gasteiger partial charge in [-0.2, -0.15) is 0 Å². The molecule has 21 heavy (non-hydrogen) atoms. The van der Waals surface area contributed by atoms with Crippen molar-refractivity contribution in [3.63, 3.8) is 0 Å². The second kappa shape index (κ2) is 5.63. The van der Waals surface area contributed by atoms with Gasteiger partial charge in [0.2, 0.25) is 0 Å². The van der Waals surface area contributed by atoms with E-state index in [1.807, 2.05) is 12.1 Å². The van der Waals surface area contributed by atoms with Gasteiger partial charge in [0.15, 0.2) is 0 Å². The number of benzene rings is 2. The number of fused-ring (bicyclic) bond motifs is 1. The second-order valence-electron chi connectivity index (χ2n) is 5.78. The van der Waals surface area contributed by atoms with E-state index in [9.17, 15) is 5.11 Å². The van der Waals surface area contributed by atoms with Crippen molar-refractivity contribution >= 4 is 21.4 Å². The van der Waals surface area contributed by atoms with Crippen molar-refractivity contribution in [3.8, 4) is 0 Å². The molecular formula is C19H20OS. The summed E-state index contributed by atoms with van der Waals surface area (Å²) in [6, 6.07) is 12.7. The van der Waals surface area contributed by atoms with Crippen LogP contribution in [0.5, 0.6) is 0 Å². The maximum atomic E-state index is 10.7. The fourth-order valence-electron chi connectivity index (χ4n) is 3.09. The smallest absolute Gasteiger partial charge is 0.0844 e. The highest BCUT2D eigenvalue weighted by Crippen LogP contribution is 2.32. The molecule has 3 rings (SSSR count). The molecule has 1 heterocycles. The number of aliphatic hydroxyl groups excluding tert-OH is 1. The third kappa shape index (κ3) is 2.74. The number of aliphatic hydroxyl groups is 1. The summed E-state index contributed by atoms with van der Waals surface area (Å²) < 4.78 is 1.24. The molecule has 0 spiro atoms. The summed E-state index contributed by atoms with van der Waals surface area (Å²) in [5.74, 6) is 0. The van der Waals surface area contributed by atoms with Crippen LogP contribution in [-0.2, 0) is 6.42 Å². The minimum absolute atomic E-state index is 0.443. The fourth-order valence-corrected chi connectivity index (χ4v) is 4.10. The average molecular weight is 296 g/mol. The number of thiophene rings is 1. The summed E-state index contributed by atoms with van der Waals surface area (Å²) in [5.41, 5.74) is 6.14. The third-order valence-corrected chi connectivity index (χ3v) is 5.09. The van der Waals surface area contributed by atoms with E-state index < -0.39 is 6.10 Å². The van der Waals surface area contributed by atoms with E-state index in [0.29, 0.717) is 6.42 Å². The van der Waals surface area contributed by atoms with Gasteiger partial charge in [-0.25, -0.2) is 0 Å². The lowest BCUT2D eigenvalue weighted by Gasteiger charge is -2.15. The molecule has 0 aliphatic heterocycles. The van der Waals surface area contributed by atoms with Crippen molar-refractivity contribution in [2.75, 3.05) is 0 Å². The molecule has 1 atom stereocenters. The zero-order valence-corrected chi connectivity index (χ0v) is 13.5. The number of hydrogen-bond donors (Lipinski definition) is 1. The topological polar surface area (TPSA) is 20.2 Å². The first-order chi connectivity index (χ1) is 10.1. The maximum Gasteiger partial charge on any atom is 0.0844 e. The van der Waals surface area contributed by atoms with Crippen molar-refractivity contribution in [2.24, 2.45) is 0 Å². The summed E-state index contributed by atoms with van der Waals surface area (Å²) in [5, 5.41) is 14.0. The van der Waals surface area contributed by atoms with Gasteiger partial charge in [0.25, 0.3) is 0 Å². The van der Waals surface area contributed by atoms with Crippen LogP contribution in [-0.4, -0.2) is 5.11 Å². The van der Waals surface area contributed by atoms with E-state index in [1.54, 1.807) is 11.3 Å². The van der Waals surface area contributed by atoms with Crippen molar-refractivity contribution in [2.45, 2.75) is 33.3 Å². The van der Waals surface area contributed by atoms with Crippen molar-refractivity contribution in [3.05, 3.63) is 69.6 Å². The van der Waals surface area contributed by atoms with Gasteiger partial charge >= 0.3 is 0 Å². The molecule has 1 unspecified atom stereocenters. The molecule has 1 aromatic heterocycles. The number of aryl methyl sites for hydroxylation is 3. The molecule has 0 bridgehead atoms. The Morgan fingerprint density at radius 2 is 1.71 bits per heavy atom. The Bertz CT molecular complexity index is 762. The third-order valence-electron chi connectivity index (χ3n) is 4.11. The molecule has 0 aliphatic carbocycles. The molecule has 0 fully saturated rings. The molecule has 2 aromatic carbocycles. The van der Waals surface area contributed by atoms with E-state index >= 15 is 0 Å². The zero-order valence-electron chi connectivity index (χ0n) is 12.7. The van der Waals surface area contributed by atoms with Crippen molar-refractivity contribution < 1.29 is 5.11 Å². The maximum absolute atomic E-state index is 10.7. The predicted octanol–water partition coefficient (Wildman–Crippen LogP) is 5.10. The highest BCUT2D eigenvalue weighted by atomic mass is 32.1. The molecule has 2 heteroatoms. The fraction of sp³-hybridized carbons (Fsp3) is 0.263. The molecule has 0 saturated heterocycles. The lowest BCUT2D eigenvalue weighted by Crippen LogP contribution is -2.05. The SMILES string of the molecule is Cc1cc(C)c(CC(O)c2csc3ccccc23)c(C)c1. The van der Waals surface area contributed by atoms with E-state index in [1.165, 1.54) is 32.3 Å². The molecule has 0 aliphatic rings. The molecule has 108 valence electrons. The summed E-state index contributed by atoms with van der Waals surface area (Å²) >= 11 is 1.70.